The smallest absolute Gasteiger partial charge is 0.159 e. The number of morpholine rings is 1. The minimum atomic E-state index is -0.0591. The second-order valence-electron chi connectivity index (χ2n) is 4.82. The predicted octanol–water partition coefficient (Wildman–Crippen LogP) is 2.88. The molecule has 3 rings (SSSR count). The number of hydrogen-bond donors (Lipinski definition) is 1. The Bertz CT molecular complexity index is 612. The molecule has 0 radical (unpaired) electrons. The maximum absolute atomic E-state index is 5.71. The highest BCUT2D eigenvalue weighted by molar-refractivity contribution is 9.10. The van der Waals surface area contributed by atoms with E-state index in [2.05, 4.69) is 50.3 Å². The van der Waals surface area contributed by atoms with E-state index in [1.165, 1.54) is 5.56 Å². The molecule has 0 saturated carbocycles. The van der Waals surface area contributed by atoms with E-state index in [1.807, 2.05) is 12.1 Å². The molecule has 0 aliphatic carbocycles. The zero-order valence-electron chi connectivity index (χ0n) is 11.3. The zero-order chi connectivity index (χ0) is 13.9. The third kappa shape index (κ3) is 2.90. The molecule has 4 nitrogen and oxygen atoms in total. The van der Waals surface area contributed by atoms with Crippen molar-refractivity contribution in [3.8, 4) is 11.3 Å². The number of benzene rings is 1. The van der Waals surface area contributed by atoms with E-state index >= 15 is 0 Å². The Morgan fingerprint density at radius 1 is 1.35 bits per heavy atom. The second-order valence-corrected chi connectivity index (χ2v) is 5.74. The molecule has 1 aliphatic heterocycles. The number of nitrogens with one attached hydrogen (secondary N) is 1. The fourth-order valence-electron chi connectivity index (χ4n) is 2.28. The van der Waals surface area contributed by atoms with Gasteiger partial charge in [0.15, 0.2) is 5.82 Å². The Morgan fingerprint density at radius 3 is 3.05 bits per heavy atom. The average molecular weight is 334 g/mol. The lowest BCUT2D eigenvalue weighted by molar-refractivity contribution is 0.0222. The summed E-state index contributed by atoms with van der Waals surface area (Å²) in [5.41, 5.74) is 3.25. The quantitative estimate of drug-likeness (QED) is 0.917. The summed E-state index contributed by atoms with van der Waals surface area (Å²) in [6.45, 7) is 4.44. The van der Waals surface area contributed by atoms with Crippen molar-refractivity contribution < 1.29 is 4.74 Å². The molecule has 1 aliphatic rings. The van der Waals surface area contributed by atoms with Gasteiger partial charge in [-0.2, -0.15) is 0 Å². The van der Waals surface area contributed by atoms with Gasteiger partial charge >= 0.3 is 0 Å². The van der Waals surface area contributed by atoms with Crippen LogP contribution in [0.5, 0.6) is 0 Å². The van der Waals surface area contributed by atoms with E-state index in [-0.39, 0.29) is 6.10 Å². The second kappa shape index (κ2) is 5.99. The number of aryl methyl sites for hydroxylation is 1. The van der Waals surface area contributed by atoms with Crippen LogP contribution in [0.1, 0.15) is 17.5 Å². The summed E-state index contributed by atoms with van der Waals surface area (Å²) in [5.74, 6) is 0.745. The van der Waals surface area contributed by atoms with Crippen LogP contribution < -0.4 is 5.32 Å². The SMILES string of the molecule is Cc1ccc(Br)cc1-c1ccnc(C2CNCCO2)n1. The van der Waals surface area contributed by atoms with Crippen LogP contribution in [0, 0.1) is 6.92 Å². The number of ether oxygens (including phenoxy) is 1. The highest BCUT2D eigenvalue weighted by Crippen LogP contribution is 2.26. The first-order valence-electron chi connectivity index (χ1n) is 6.66. The fourth-order valence-corrected chi connectivity index (χ4v) is 2.64. The average Bonchev–Trinajstić information content (AvgIpc) is 2.51. The van der Waals surface area contributed by atoms with Crippen molar-refractivity contribution in [1.29, 1.82) is 0 Å². The lowest BCUT2D eigenvalue weighted by Crippen LogP contribution is -2.34. The van der Waals surface area contributed by atoms with Gasteiger partial charge in [0.1, 0.15) is 6.10 Å². The Hall–Kier alpha value is -1.30. The molecule has 2 aromatic rings. The van der Waals surface area contributed by atoms with Gasteiger partial charge in [-0.05, 0) is 30.7 Å². The van der Waals surface area contributed by atoms with Crippen LogP contribution in [0.4, 0.5) is 0 Å². The van der Waals surface area contributed by atoms with Crippen molar-refractivity contribution in [2.24, 2.45) is 0 Å². The van der Waals surface area contributed by atoms with Crippen molar-refractivity contribution in [2.75, 3.05) is 19.7 Å². The van der Waals surface area contributed by atoms with Gasteiger partial charge in [0.05, 0.1) is 12.3 Å². The van der Waals surface area contributed by atoms with E-state index < -0.39 is 0 Å². The van der Waals surface area contributed by atoms with Gasteiger partial charge in [0.25, 0.3) is 0 Å². The lowest BCUT2D eigenvalue weighted by atomic mass is 10.1. The summed E-state index contributed by atoms with van der Waals surface area (Å²) in [5, 5.41) is 3.30. The number of nitrogens with zero attached hydrogens (tertiary/aromatic N) is 2. The van der Waals surface area contributed by atoms with Crippen LogP contribution in [-0.4, -0.2) is 29.7 Å². The Kier molecular flexibility index (Phi) is 4.10. The normalized spacial score (nSPS) is 19.0. The molecule has 1 N–H and O–H groups in total. The van der Waals surface area contributed by atoms with Crippen molar-refractivity contribution in [1.82, 2.24) is 15.3 Å². The van der Waals surface area contributed by atoms with E-state index in [4.69, 9.17) is 4.74 Å². The number of hydrogen-bond acceptors (Lipinski definition) is 4. The van der Waals surface area contributed by atoms with E-state index in [0.29, 0.717) is 6.61 Å². The summed E-state index contributed by atoms with van der Waals surface area (Å²) in [7, 11) is 0. The van der Waals surface area contributed by atoms with Gasteiger partial charge in [-0.25, -0.2) is 9.97 Å². The Balaban J connectivity index is 1.96. The Morgan fingerprint density at radius 2 is 2.25 bits per heavy atom. The van der Waals surface area contributed by atoms with Crippen LogP contribution >= 0.6 is 15.9 Å². The molecule has 1 unspecified atom stereocenters. The van der Waals surface area contributed by atoms with Gasteiger partial charge in [-0.1, -0.05) is 22.0 Å². The minimum Gasteiger partial charge on any atom is -0.368 e. The first-order chi connectivity index (χ1) is 9.74. The van der Waals surface area contributed by atoms with Gasteiger partial charge in [0, 0.05) is 29.3 Å². The molecule has 1 aromatic heterocycles. The van der Waals surface area contributed by atoms with E-state index in [0.717, 1.165) is 34.6 Å². The summed E-state index contributed by atoms with van der Waals surface area (Å²) in [6, 6.07) is 8.14. The lowest BCUT2D eigenvalue weighted by Gasteiger charge is -2.22. The molecule has 20 heavy (non-hydrogen) atoms. The zero-order valence-corrected chi connectivity index (χ0v) is 12.9. The summed E-state index contributed by atoms with van der Waals surface area (Å²) >= 11 is 3.51. The Labute approximate surface area is 126 Å². The van der Waals surface area contributed by atoms with Crippen LogP contribution in [0.25, 0.3) is 11.3 Å². The molecular weight excluding hydrogens is 318 g/mol. The van der Waals surface area contributed by atoms with Gasteiger partial charge in [-0.15, -0.1) is 0 Å². The molecule has 2 heterocycles. The van der Waals surface area contributed by atoms with Crippen LogP contribution in [0.15, 0.2) is 34.9 Å². The minimum absolute atomic E-state index is 0.0591. The molecule has 0 bridgehead atoms. The summed E-state index contributed by atoms with van der Waals surface area (Å²) < 4.78 is 6.76. The van der Waals surface area contributed by atoms with Crippen LogP contribution in [-0.2, 0) is 4.74 Å². The maximum Gasteiger partial charge on any atom is 0.159 e. The maximum atomic E-state index is 5.71. The van der Waals surface area contributed by atoms with Gasteiger partial charge in [0.2, 0.25) is 0 Å². The van der Waals surface area contributed by atoms with Gasteiger partial charge < -0.3 is 10.1 Å². The molecule has 0 spiro atoms. The summed E-state index contributed by atoms with van der Waals surface area (Å²) in [4.78, 5) is 9.02. The molecule has 5 heteroatoms. The highest BCUT2D eigenvalue weighted by Gasteiger charge is 2.19. The molecule has 1 atom stereocenters. The van der Waals surface area contributed by atoms with Gasteiger partial charge in [-0.3, -0.25) is 0 Å². The topological polar surface area (TPSA) is 47.0 Å². The standard InChI is InChI=1S/C15H16BrN3O/c1-10-2-3-11(16)8-12(10)13-4-5-18-15(19-13)14-9-17-6-7-20-14/h2-5,8,14,17H,6-7,9H2,1H3. The molecule has 0 amide bonds. The molecule has 1 fully saturated rings. The van der Waals surface area contributed by atoms with Crippen molar-refractivity contribution >= 4 is 15.9 Å². The van der Waals surface area contributed by atoms with E-state index in [1.54, 1.807) is 6.20 Å². The number of aromatic nitrogens is 2. The summed E-state index contributed by atoms with van der Waals surface area (Å²) in [6.07, 6.45) is 1.74. The molecule has 1 saturated heterocycles. The van der Waals surface area contributed by atoms with Crippen LogP contribution in [0.2, 0.25) is 0 Å². The third-order valence-electron chi connectivity index (χ3n) is 3.37. The first kappa shape index (κ1) is 13.7. The monoisotopic (exact) mass is 333 g/mol. The van der Waals surface area contributed by atoms with Crippen LogP contribution in [0.3, 0.4) is 0 Å². The largest absolute Gasteiger partial charge is 0.368 e. The van der Waals surface area contributed by atoms with Crippen molar-refractivity contribution in [2.45, 2.75) is 13.0 Å². The first-order valence-corrected chi connectivity index (χ1v) is 7.45. The predicted molar refractivity (Wildman–Crippen MR) is 81.5 cm³/mol. The third-order valence-corrected chi connectivity index (χ3v) is 3.86. The molecule has 1 aromatic carbocycles. The van der Waals surface area contributed by atoms with Crippen molar-refractivity contribution in [3.63, 3.8) is 0 Å². The number of halogens is 1. The molecule has 104 valence electrons. The highest BCUT2D eigenvalue weighted by atomic mass is 79.9. The molecular formula is C15H16BrN3O. The van der Waals surface area contributed by atoms with Crippen molar-refractivity contribution in [3.05, 3.63) is 46.3 Å². The van der Waals surface area contributed by atoms with E-state index in [9.17, 15) is 0 Å². The fraction of sp³-hybridized carbons (Fsp3) is 0.333. The number of rotatable bonds is 2.